The Morgan fingerprint density at radius 1 is 1.15 bits per heavy atom. The molecule has 0 bridgehead atoms. The molecule has 8 heteroatoms. The van der Waals surface area contributed by atoms with Gasteiger partial charge in [-0.15, -0.1) is 0 Å². The van der Waals surface area contributed by atoms with E-state index in [1.54, 1.807) is 29.5 Å². The average Bonchev–Trinajstić information content (AvgIpc) is 3.08. The molecule has 26 heavy (non-hydrogen) atoms. The Hall–Kier alpha value is -2.15. The highest BCUT2D eigenvalue weighted by Crippen LogP contribution is 2.40. The SMILES string of the molecule is O=C(Cn1cc(Cl)cn1)N1CCC2(CCCN(c3ncccn3)C2)CC1. The molecule has 2 saturated heterocycles. The summed E-state index contributed by atoms with van der Waals surface area (Å²) in [7, 11) is 0. The Morgan fingerprint density at radius 3 is 2.62 bits per heavy atom. The lowest BCUT2D eigenvalue weighted by atomic mass is 9.72. The maximum atomic E-state index is 12.5. The van der Waals surface area contributed by atoms with Crippen molar-refractivity contribution in [1.82, 2.24) is 24.6 Å². The lowest BCUT2D eigenvalue weighted by molar-refractivity contribution is -0.134. The van der Waals surface area contributed by atoms with E-state index in [1.165, 1.54) is 6.42 Å². The van der Waals surface area contributed by atoms with Crippen molar-refractivity contribution < 1.29 is 4.79 Å². The lowest BCUT2D eigenvalue weighted by Gasteiger charge is -2.47. The summed E-state index contributed by atoms with van der Waals surface area (Å²) in [5, 5.41) is 4.65. The molecule has 1 spiro atoms. The standard InChI is InChI=1S/C18H23ClN6O/c19-15-11-22-25(12-15)13-16(26)23-9-4-18(5-10-23)3-1-8-24(14-18)17-20-6-2-7-21-17/h2,6-7,11-12H,1,3-5,8-10,13-14H2. The zero-order valence-electron chi connectivity index (χ0n) is 14.7. The lowest BCUT2D eigenvalue weighted by Crippen LogP contribution is -2.51. The van der Waals surface area contributed by atoms with Crippen LogP contribution in [-0.2, 0) is 11.3 Å². The van der Waals surface area contributed by atoms with Gasteiger partial charge in [-0.1, -0.05) is 11.6 Å². The Morgan fingerprint density at radius 2 is 1.92 bits per heavy atom. The normalized spacial score (nSPS) is 19.7. The van der Waals surface area contributed by atoms with E-state index in [1.807, 2.05) is 11.0 Å². The molecule has 2 fully saturated rings. The van der Waals surface area contributed by atoms with Crippen LogP contribution in [0.5, 0.6) is 0 Å². The zero-order valence-corrected chi connectivity index (χ0v) is 15.5. The van der Waals surface area contributed by atoms with Crippen molar-refractivity contribution in [2.45, 2.75) is 32.2 Å². The minimum atomic E-state index is 0.110. The van der Waals surface area contributed by atoms with Gasteiger partial charge in [0.2, 0.25) is 11.9 Å². The average molecular weight is 375 g/mol. The summed E-state index contributed by atoms with van der Waals surface area (Å²) in [5.74, 6) is 0.930. The maximum absolute atomic E-state index is 12.5. The number of amides is 1. The minimum absolute atomic E-state index is 0.110. The molecule has 1 amide bonds. The van der Waals surface area contributed by atoms with E-state index in [-0.39, 0.29) is 17.9 Å². The number of piperidine rings is 2. The van der Waals surface area contributed by atoms with Gasteiger partial charge in [0, 0.05) is 44.8 Å². The van der Waals surface area contributed by atoms with Crippen LogP contribution in [-0.4, -0.2) is 56.7 Å². The van der Waals surface area contributed by atoms with E-state index in [0.29, 0.717) is 5.02 Å². The molecule has 4 rings (SSSR count). The Bertz CT molecular complexity index is 756. The Labute approximate surface area is 158 Å². The number of halogens is 1. The fourth-order valence-corrected chi connectivity index (χ4v) is 4.29. The van der Waals surface area contributed by atoms with Crippen LogP contribution in [0.4, 0.5) is 5.95 Å². The topological polar surface area (TPSA) is 67.2 Å². The third-order valence-corrected chi connectivity index (χ3v) is 5.77. The third kappa shape index (κ3) is 3.67. The quantitative estimate of drug-likeness (QED) is 0.824. The van der Waals surface area contributed by atoms with Gasteiger partial charge in [-0.2, -0.15) is 5.10 Å². The van der Waals surface area contributed by atoms with Crippen LogP contribution in [0.25, 0.3) is 0 Å². The first kappa shape index (κ1) is 17.3. The van der Waals surface area contributed by atoms with Crippen molar-refractivity contribution in [2.75, 3.05) is 31.1 Å². The molecule has 2 aliphatic rings. The van der Waals surface area contributed by atoms with Crippen molar-refractivity contribution in [1.29, 1.82) is 0 Å². The first-order valence-electron chi connectivity index (χ1n) is 9.11. The van der Waals surface area contributed by atoms with E-state index in [9.17, 15) is 4.79 Å². The number of nitrogens with zero attached hydrogens (tertiary/aromatic N) is 6. The number of hydrogen-bond donors (Lipinski definition) is 0. The summed E-state index contributed by atoms with van der Waals surface area (Å²) in [6.45, 7) is 3.85. The van der Waals surface area contributed by atoms with Gasteiger partial charge in [0.1, 0.15) is 6.54 Å². The fraction of sp³-hybridized carbons (Fsp3) is 0.556. The molecule has 0 aromatic carbocycles. The maximum Gasteiger partial charge on any atom is 0.244 e. The molecular weight excluding hydrogens is 352 g/mol. The number of hydrogen-bond acceptors (Lipinski definition) is 5. The van der Waals surface area contributed by atoms with Gasteiger partial charge >= 0.3 is 0 Å². The van der Waals surface area contributed by atoms with Crippen molar-refractivity contribution in [3.05, 3.63) is 35.9 Å². The molecule has 2 aliphatic heterocycles. The van der Waals surface area contributed by atoms with E-state index < -0.39 is 0 Å². The van der Waals surface area contributed by atoms with Crippen LogP contribution in [0.3, 0.4) is 0 Å². The predicted molar refractivity (Wildman–Crippen MR) is 99.0 cm³/mol. The van der Waals surface area contributed by atoms with Gasteiger partial charge in [0.05, 0.1) is 11.2 Å². The van der Waals surface area contributed by atoms with Crippen molar-refractivity contribution in [2.24, 2.45) is 5.41 Å². The monoisotopic (exact) mass is 374 g/mol. The summed E-state index contributed by atoms with van der Waals surface area (Å²) in [4.78, 5) is 25.6. The van der Waals surface area contributed by atoms with Gasteiger partial charge in [-0.25, -0.2) is 9.97 Å². The molecule has 0 radical (unpaired) electrons. The van der Waals surface area contributed by atoms with Crippen molar-refractivity contribution in [3.63, 3.8) is 0 Å². The van der Waals surface area contributed by atoms with Gasteiger partial charge in [0.15, 0.2) is 0 Å². The van der Waals surface area contributed by atoms with E-state index in [2.05, 4.69) is 20.0 Å². The van der Waals surface area contributed by atoms with Crippen LogP contribution in [0, 0.1) is 5.41 Å². The molecule has 138 valence electrons. The second kappa shape index (κ2) is 7.23. The van der Waals surface area contributed by atoms with Crippen LogP contribution >= 0.6 is 11.6 Å². The Kier molecular flexibility index (Phi) is 4.80. The largest absolute Gasteiger partial charge is 0.341 e. The van der Waals surface area contributed by atoms with Gasteiger partial charge in [-0.05, 0) is 37.2 Å². The second-order valence-corrected chi connectivity index (χ2v) is 7.75. The highest BCUT2D eigenvalue weighted by Gasteiger charge is 2.39. The molecule has 4 heterocycles. The van der Waals surface area contributed by atoms with Crippen LogP contribution in [0.2, 0.25) is 5.02 Å². The zero-order chi connectivity index (χ0) is 18.0. The summed E-state index contributed by atoms with van der Waals surface area (Å²) >= 11 is 5.87. The number of carbonyl (C=O) groups excluding carboxylic acids is 1. The summed E-state index contributed by atoms with van der Waals surface area (Å²) in [6.07, 6.45) is 11.3. The molecule has 7 nitrogen and oxygen atoms in total. The molecule has 2 aromatic heterocycles. The molecule has 0 atom stereocenters. The third-order valence-electron chi connectivity index (χ3n) is 5.57. The summed E-state index contributed by atoms with van der Waals surface area (Å²) in [5.41, 5.74) is 0.267. The van der Waals surface area contributed by atoms with Crippen LogP contribution < -0.4 is 4.90 Å². The van der Waals surface area contributed by atoms with Gasteiger partial charge in [-0.3, -0.25) is 9.48 Å². The molecule has 2 aromatic rings. The van der Waals surface area contributed by atoms with E-state index >= 15 is 0 Å². The number of anilines is 1. The number of likely N-dealkylation sites (tertiary alicyclic amines) is 1. The van der Waals surface area contributed by atoms with Gasteiger partial charge in [0.25, 0.3) is 0 Å². The first-order chi connectivity index (χ1) is 12.6. The molecule has 0 aliphatic carbocycles. The highest BCUT2D eigenvalue weighted by molar-refractivity contribution is 6.30. The van der Waals surface area contributed by atoms with Crippen molar-refractivity contribution >= 4 is 23.5 Å². The summed E-state index contributed by atoms with van der Waals surface area (Å²) in [6, 6.07) is 1.85. The number of aromatic nitrogens is 4. The molecule has 0 saturated carbocycles. The molecular formula is C18H23ClN6O. The van der Waals surface area contributed by atoms with Gasteiger partial charge < -0.3 is 9.80 Å². The number of carbonyl (C=O) groups is 1. The predicted octanol–water partition coefficient (Wildman–Crippen LogP) is 2.24. The van der Waals surface area contributed by atoms with E-state index in [0.717, 1.165) is 51.4 Å². The van der Waals surface area contributed by atoms with E-state index in [4.69, 9.17) is 11.6 Å². The van der Waals surface area contributed by atoms with Crippen molar-refractivity contribution in [3.8, 4) is 0 Å². The number of rotatable bonds is 3. The van der Waals surface area contributed by atoms with Crippen LogP contribution in [0.15, 0.2) is 30.9 Å². The Balaban J connectivity index is 1.35. The smallest absolute Gasteiger partial charge is 0.244 e. The highest BCUT2D eigenvalue weighted by atomic mass is 35.5. The minimum Gasteiger partial charge on any atom is -0.341 e. The first-order valence-corrected chi connectivity index (χ1v) is 9.49. The molecule has 0 N–H and O–H groups in total. The molecule has 0 unspecified atom stereocenters. The summed E-state index contributed by atoms with van der Waals surface area (Å²) < 4.78 is 1.60. The van der Waals surface area contributed by atoms with Crippen LogP contribution in [0.1, 0.15) is 25.7 Å². The fourth-order valence-electron chi connectivity index (χ4n) is 4.14. The second-order valence-electron chi connectivity index (χ2n) is 7.31.